The van der Waals surface area contributed by atoms with E-state index >= 15 is 0 Å². The first kappa shape index (κ1) is 84.4. The van der Waals surface area contributed by atoms with E-state index in [2.05, 4.69) is 267 Å². The van der Waals surface area contributed by atoms with Gasteiger partial charge in [-0.3, -0.25) is 0 Å². The van der Waals surface area contributed by atoms with Crippen LogP contribution in [0.15, 0.2) is 46.4 Å². The molecule has 0 N–H and O–H groups in total. The van der Waals surface area contributed by atoms with Crippen molar-refractivity contribution in [2.75, 3.05) is 82.6 Å². The summed E-state index contributed by atoms with van der Waals surface area (Å²) < 4.78 is 4.32. The third-order valence-electron chi connectivity index (χ3n) is 8.99. The maximum Gasteiger partial charge on any atom is 1.00 e. The number of nitrogens with zero attached hydrogens (tertiary/aromatic N) is 6. The Bertz CT molecular complexity index is 1340. The Morgan fingerprint density at radius 3 is 0.716 bits per heavy atom. The molecule has 0 aliphatic carbocycles. The van der Waals surface area contributed by atoms with Gasteiger partial charge in [0.25, 0.3) is 0 Å². The van der Waals surface area contributed by atoms with Crippen molar-refractivity contribution in [2.45, 2.75) is 158 Å². The van der Waals surface area contributed by atoms with Crippen molar-refractivity contribution < 1.29 is 137 Å². The number of likely N-dealkylation sites (N-methyl/N-ethyl adjacent to an activating group) is 4. The molecule has 0 saturated carbocycles. The Hall–Kier alpha value is 3.44. The van der Waals surface area contributed by atoms with Crippen molar-refractivity contribution in [1.82, 2.24) is 19.6 Å². The summed E-state index contributed by atoms with van der Waals surface area (Å²) in [7, 11) is 13.3. The molecule has 0 unspecified atom stereocenters. The van der Waals surface area contributed by atoms with E-state index in [1.165, 1.54) is 33.6 Å². The van der Waals surface area contributed by atoms with Gasteiger partial charge >= 0.3 is 289 Å². The fourth-order valence-electron chi connectivity index (χ4n) is 6.99. The van der Waals surface area contributed by atoms with E-state index in [0.717, 1.165) is 26.2 Å². The molecular weight excluding hydrogens is 1080 g/mol. The molecule has 3 radical (unpaired) electrons. The number of rotatable bonds is 18. The summed E-state index contributed by atoms with van der Waals surface area (Å²) in [5.41, 5.74) is 13.0. The van der Waals surface area contributed by atoms with Gasteiger partial charge in [0.1, 0.15) is 0 Å². The van der Waals surface area contributed by atoms with Gasteiger partial charge in [0.2, 0.25) is 0 Å². The topological polar surface area (TPSA) is 37.7 Å². The van der Waals surface area contributed by atoms with Crippen molar-refractivity contribution in [3.05, 3.63) is 70.0 Å². The Morgan fingerprint density at radius 2 is 0.597 bits per heavy atom. The minimum atomic E-state index is -0.856. The molecule has 0 aliphatic heterocycles. The SMILES string of the molecule is CC(C)c1cccc(C(C)C)c1N=[CH][Ga][CH]=Nc1c(C(C)C)cccc1C(C)C.CN(C)CCN(C)C.CN(C)CCN(C)C.C[Si](C)(C)[CH-][Si](C)(C)C.C[Si](C)(C)[CH-][Si](C)(C)C.[K+].[K+].[Mn].[Mn]. The van der Waals surface area contributed by atoms with Gasteiger partial charge in [0.15, 0.2) is 0 Å². The largest absolute Gasteiger partial charge is 1.00 e. The summed E-state index contributed by atoms with van der Waals surface area (Å²) in [5.74, 6) is 1.91. The average molecular weight is 1190 g/mol. The predicted octanol–water partition coefficient (Wildman–Crippen LogP) is 8.02. The molecule has 2 aromatic rings. The number of hydrogen-bond donors (Lipinski definition) is 0. The van der Waals surface area contributed by atoms with Gasteiger partial charge < -0.3 is 30.9 Å². The molecule has 2 aromatic carbocycles. The van der Waals surface area contributed by atoms with E-state index < -0.39 is 49.7 Å². The molecule has 0 aliphatic rings. The van der Waals surface area contributed by atoms with Crippen LogP contribution in [0.3, 0.4) is 0 Å². The van der Waals surface area contributed by atoms with Crippen LogP contribution in [-0.4, -0.2) is 161 Å². The number of para-hydroxylation sites is 2. The fraction of sp³-hybridized carbons (Fsp3) is 0.692. The van der Waals surface area contributed by atoms with Crippen LogP contribution >= 0.6 is 0 Å². The molecule has 2 rings (SSSR count). The molecule has 0 aromatic heterocycles. The van der Waals surface area contributed by atoms with Gasteiger partial charge in [-0.1, -0.05) is 78.6 Å². The molecule has 0 saturated heterocycles. The second-order valence-corrected chi connectivity index (χ2v) is 47.2. The van der Waals surface area contributed by atoms with Crippen LogP contribution in [-0.2, 0) is 34.1 Å². The third kappa shape index (κ3) is 52.7. The van der Waals surface area contributed by atoms with Gasteiger partial charge in [0.05, 0.1) is 0 Å². The predicted molar refractivity (Wildman–Crippen MR) is 307 cm³/mol. The van der Waals surface area contributed by atoms with Crippen LogP contribution in [0.5, 0.6) is 0 Å². The van der Waals surface area contributed by atoms with Crippen molar-refractivity contribution in [1.29, 1.82) is 0 Å². The smallest absolute Gasteiger partial charge is 0.327 e. The molecule has 379 valence electrons. The fourth-order valence-corrected chi connectivity index (χ4v) is 28.9. The van der Waals surface area contributed by atoms with Gasteiger partial charge in [-0.05, 0) is 56.4 Å². The van der Waals surface area contributed by atoms with Crippen LogP contribution in [0.4, 0.5) is 11.4 Å². The first-order valence-electron chi connectivity index (χ1n) is 23.9. The number of aliphatic imine (C=N–C) groups is 2. The maximum absolute atomic E-state index is 4.95. The van der Waals surface area contributed by atoms with Crippen molar-refractivity contribution in [3.8, 4) is 0 Å². The Kier molecular flexibility index (Phi) is 54.8. The summed E-state index contributed by atoms with van der Waals surface area (Å²) in [6.07, 6.45) is 0. The van der Waals surface area contributed by atoms with Crippen LogP contribution in [0.1, 0.15) is 101 Å². The normalized spacial score (nSPS) is 11.8. The van der Waals surface area contributed by atoms with Gasteiger partial charge in [-0.15, -0.1) is 32.3 Å². The van der Waals surface area contributed by atoms with Crippen LogP contribution < -0.4 is 103 Å². The van der Waals surface area contributed by atoms with E-state index in [1.54, 1.807) is 0 Å². The van der Waals surface area contributed by atoms with Gasteiger partial charge in [-0.25, -0.2) is 0 Å². The van der Waals surface area contributed by atoms with E-state index in [9.17, 15) is 0 Å². The zero-order chi connectivity index (χ0) is 50.1. The molecule has 0 fully saturated rings. The maximum atomic E-state index is 4.95. The Labute approximate surface area is 538 Å². The van der Waals surface area contributed by atoms with E-state index in [0.29, 0.717) is 23.7 Å². The van der Waals surface area contributed by atoms with Crippen LogP contribution in [0, 0.1) is 11.3 Å². The molecule has 0 bridgehead atoms. The van der Waals surface area contributed by atoms with Crippen molar-refractivity contribution in [2.24, 2.45) is 9.98 Å². The van der Waals surface area contributed by atoms with E-state index in [4.69, 9.17) is 9.98 Å². The summed E-state index contributed by atoms with van der Waals surface area (Å²) in [5, 5.41) is 0. The molecule has 0 heterocycles. The number of benzene rings is 2. The Morgan fingerprint density at radius 1 is 0.418 bits per heavy atom. The first-order valence-corrected chi connectivity index (χ1v) is 41.0. The molecule has 15 heteroatoms. The number of hydrogen-bond acceptors (Lipinski definition) is 6. The summed E-state index contributed by atoms with van der Waals surface area (Å²) in [4.78, 5) is 18.6. The molecule has 0 atom stereocenters. The van der Waals surface area contributed by atoms with Gasteiger partial charge in [0, 0.05) is 60.3 Å². The summed E-state index contributed by atoms with van der Waals surface area (Å²) in [6.45, 7) is 51.4. The molecule has 67 heavy (non-hydrogen) atoms. The van der Waals surface area contributed by atoms with E-state index in [-0.39, 0.29) is 137 Å². The monoisotopic (exact) mass is 1180 g/mol. The first-order chi connectivity index (χ1) is 28.4. The standard InChI is InChI=1S/2C13H18N.2C7H19Si2.2C6H16N2.Ga.2K.2Mn/c2*1-9(2)11-7-6-8-12(10(3)4)13(11)14-5;2*1-8(2,3)7-9(4,5)6;2*1-7(2)5-6-8(3)4;;;;;/h2*5-10H,1-4H3;2*7H,1-6H3;2*5-6H2,1-4H3;;;;;/q;;2*-1;;;;2*+1;;. The average Bonchev–Trinajstić information content (AvgIpc) is 3.07. The molecular formula is C52H106GaK2Mn2N6Si4. The second-order valence-electron chi connectivity index (χ2n) is 23.9. The summed E-state index contributed by atoms with van der Waals surface area (Å²) >= 11 is -0.791. The minimum Gasteiger partial charge on any atom is -0.327 e. The molecule has 6 nitrogen and oxygen atoms in total. The van der Waals surface area contributed by atoms with E-state index in [1.807, 2.05) is 0 Å². The Balaban J connectivity index is -0.000000156. The van der Waals surface area contributed by atoms with Crippen molar-refractivity contribution in [3.63, 3.8) is 0 Å². The van der Waals surface area contributed by atoms with Gasteiger partial charge in [-0.2, -0.15) is 0 Å². The third-order valence-corrected chi connectivity index (χ3v) is 24.2. The molecule has 0 spiro atoms. The zero-order valence-corrected chi connectivity index (χ0v) is 65.0. The summed E-state index contributed by atoms with van der Waals surface area (Å²) in [6, 6.07) is 13.2. The molecule has 0 amide bonds. The van der Waals surface area contributed by atoms with Crippen molar-refractivity contribution >= 4 is 70.6 Å². The zero-order valence-electron chi connectivity index (χ0n) is 49.9. The quantitative estimate of drug-likeness (QED) is 0.0863. The van der Waals surface area contributed by atoms with Crippen LogP contribution in [0.25, 0.3) is 0 Å². The second kappa shape index (κ2) is 43.5. The minimum absolute atomic E-state index is 0. The van der Waals surface area contributed by atoms with Crippen LogP contribution in [0.2, 0.25) is 78.6 Å².